The number of alkyl halides is 3. The third-order valence-corrected chi connectivity index (χ3v) is 9.23. The van der Waals surface area contributed by atoms with Gasteiger partial charge in [0.2, 0.25) is 5.91 Å². The second-order valence-electron chi connectivity index (χ2n) is 11.7. The molecule has 4 unspecified atom stereocenters. The molecule has 8 nitrogen and oxygen atoms in total. The van der Waals surface area contributed by atoms with Gasteiger partial charge in [0.15, 0.2) is 11.6 Å². The number of carboxylic acids is 1. The Morgan fingerprint density at radius 2 is 1.67 bits per heavy atom. The number of benzene rings is 2. The molecule has 12 heteroatoms. The second-order valence-corrected chi connectivity index (χ2v) is 11.7. The highest BCUT2D eigenvalue weighted by molar-refractivity contribution is 5.99. The Kier molecular flexibility index (Phi) is 8.58. The maximum atomic E-state index is 14.9. The third kappa shape index (κ3) is 6.28. The number of carbonyl (C=O) groups excluding carboxylic acids is 2. The van der Waals surface area contributed by atoms with E-state index in [2.05, 4.69) is 10.6 Å². The van der Waals surface area contributed by atoms with E-state index in [-0.39, 0.29) is 40.1 Å². The lowest BCUT2D eigenvalue weighted by molar-refractivity contribution is -0.143. The van der Waals surface area contributed by atoms with Gasteiger partial charge in [-0.25, -0.2) is 4.39 Å². The molecule has 43 heavy (non-hydrogen) atoms. The summed E-state index contributed by atoms with van der Waals surface area (Å²) in [6, 6.07) is 5.34. The zero-order chi connectivity index (χ0) is 31.1. The minimum Gasteiger partial charge on any atom is -0.496 e. The predicted molar refractivity (Wildman–Crippen MR) is 147 cm³/mol. The van der Waals surface area contributed by atoms with Crippen LogP contribution in [-0.2, 0) is 15.8 Å². The van der Waals surface area contributed by atoms with Gasteiger partial charge in [-0.1, -0.05) is 6.07 Å². The van der Waals surface area contributed by atoms with E-state index in [0.717, 1.165) is 25.0 Å². The fourth-order valence-electron chi connectivity index (χ4n) is 6.98. The number of hydrogen-bond acceptors (Lipinski definition) is 5. The molecule has 3 saturated carbocycles. The third-order valence-electron chi connectivity index (χ3n) is 9.23. The highest BCUT2D eigenvalue weighted by Gasteiger charge is 2.51. The van der Waals surface area contributed by atoms with Crippen LogP contribution >= 0.6 is 0 Å². The van der Waals surface area contributed by atoms with Crippen LogP contribution in [0.4, 0.5) is 23.2 Å². The van der Waals surface area contributed by atoms with Crippen LogP contribution in [0.25, 0.3) is 0 Å². The van der Waals surface area contributed by atoms with E-state index in [4.69, 9.17) is 9.47 Å². The molecule has 2 aromatic carbocycles. The molecule has 2 aromatic rings. The molecular formula is C31H34F4N2O6. The topological polar surface area (TPSA) is 114 Å². The van der Waals surface area contributed by atoms with Gasteiger partial charge in [0.05, 0.1) is 36.2 Å². The normalized spacial score (nSPS) is 26.6. The molecule has 5 rings (SSSR count). The van der Waals surface area contributed by atoms with Gasteiger partial charge in [0, 0.05) is 17.8 Å². The zero-order valence-electron chi connectivity index (χ0n) is 23.8. The van der Waals surface area contributed by atoms with Gasteiger partial charge in [-0.05, 0) is 87.5 Å². The minimum atomic E-state index is -4.57. The lowest BCUT2D eigenvalue weighted by Crippen LogP contribution is -2.48. The van der Waals surface area contributed by atoms with Gasteiger partial charge in [-0.3, -0.25) is 14.4 Å². The maximum absolute atomic E-state index is 14.9. The van der Waals surface area contributed by atoms with Gasteiger partial charge in [0.1, 0.15) is 5.75 Å². The Balaban J connectivity index is 1.33. The van der Waals surface area contributed by atoms with E-state index in [1.54, 1.807) is 0 Å². The number of amides is 2. The van der Waals surface area contributed by atoms with Gasteiger partial charge < -0.3 is 25.2 Å². The molecule has 0 aromatic heterocycles. The van der Waals surface area contributed by atoms with E-state index in [9.17, 15) is 37.1 Å². The van der Waals surface area contributed by atoms with E-state index < -0.39 is 59.3 Å². The van der Waals surface area contributed by atoms with Gasteiger partial charge >= 0.3 is 12.1 Å². The summed E-state index contributed by atoms with van der Waals surface area (Å²) in [7, 11) is 1.30. The van der Waals surface area contributed by atoms with Crippen molar-refractivity contribution in [1.82, 2.24) is 5.32 Å². The summed E-state index contributed by atoms with van der Waals surface area (Å²) in [6.45, 7) is 1.30. The highest BCUT2D eigenvalue weighted by atomic mass is 19.4. The number of aliphatic carboxylic acids is 1. The van der Waals surface area contributed by atoms with Crippen molar-refractivity contribution in [3.8, 4) is 11.5 Å². The van der Waals surface area contributed by atoms with E-state index in [1.807, 2.05) is 0 Å². The first-order valence-electron chi connectivity index (χ1n) is 14.4. The van der Waals surface area contributed by atoms with Crippen LogP contribution in [0.15, 0.2) is 30.3 Å². The maximum Gasteiger partial charge on any atom is 0.416 e. The molecule has 0 spiro atoms. The average Bonchev–Trinajstić information content (AvgIpc) is 3.56. The molecule has 0 heterocycles. The van der Waals surface area contributed by atoms with Crippen LogP contribution in [0, 0.1) is 36.4 Å². The first-order chi connectivity index (χ1) is 20.4. The van der Waals surface area contributed by atoms with E-state index in [0.29, 0.717) is 32.1 Å². The SMILES string of the molecule is COc1cc(F)c(OC2CCC(C(=O)O)CC2)cc1C(=O)NC1C2CCC(C2)C1C(=O)Nc1cccc(C(F)(F)F)c1C. The average molecular weight is 607 g/mol. The lowest BCUT2D eigenvalue weighted by atomic mass is 9.83. The van der Waals surface area contributed by atoms with Crippen LogP contribution in [0.5, 0.6) is 11.5 Å². The van der Waals surface area contributed by atoms with Crippen LogP contribution in [0.3, 0.4) is 0 Å². The summed E-state index contributed by atoms with van der Waals surface area (Å²) in [6.07, 6.45) is -1.07. The summed E-state index contributed by atoms with van der Waals surface area (Å²) in [5.74, 6) is -4.03. The molecule has 3 aliphatic carbocycles. The van der Waals surface area contributed by atoms with Gasteiger partial charge in [0.25, 0.3) is 5.91 Å². The Morgan fingerprint density at radius 1 is 0.977 bits per heavy atom. The molecule has 2 bridgehead atoms. The Hall–Kier alpha value is -3.83. The van der Waals surface area contributed by atoms with Crippen molar-refractivity contribution >= 4 is 23.5 Å². The van der Waals surface area contributed by atoms with Crippen molar-refractivity contribution in [2.45, 2.75) is 70.2 Å². The summed E-state index contributed by atoms with van der Waals surface area (Å²) >= 11 is 0. The van der Waals surface area contributed by atoms with Crippen LogP contribution < -0.4 is 20.1 Å². The van der Waals surface area contributed by atoms with Gasteiger partial charge in [-0.2, -0.15) is 13.2 Å². The Morgan fingerprint density at radius 3 is 2.33 bits per heavy atom. The molecule has 3 N–H and O–H groups in total. The number of nitrogens with one attached hydrogen (secondary N) is 2. The van der Waals surface area contributed by atoms with Crippen LogP contribution in [-0.4, -0.2) is 42.1 Å². The molecule has 0 saturated heterocycles. The Bertz CT molecular complexity index is 1410. The van der Waals surface area contributed by atoms with Crippen molar-refractivity contribution in [2.24, 2.45) is 23.7 Å². The predicted octanol–water partition coefficient (Wildman–Crippen LogP) is 5.97. The molecule has 0 radical (unpaired) electrons. The van der Waals surface area contributed by atoms with E-state index >= 15 is 0 Å². The summed E-state index contributed by atoms with van der Waals surface area (Å²) < 4.78 is 66.3. The fraction of sp³-hybridized carbons (Fsp3) is 0.516. The second kappa shape index (κ2) is 12.0. The van der Waals surface area contributed by atoms with Crippen molar-refractivity contribution in [3.05, 3.63) is 52.8 Å². The van der Waals surface area contributed by atoms with Crippen molar-refractivity contribution < 1.29 is 46.5 Å². The molecule has 0 aliphatic heterocycles. The zero-order valence-corrected chi connectivity index (χ0v) is 23.8. The highest BCUT2D eigenvalue weighted by Crippen LogP contribution is 2.49. The smallest absolute Gasteiger partial charge is 0.416 e. The number of anilines is 1. The molecule has 232 valence electrons. The number of fused-ring (bicyclic) bond motifs is 2. The standard InChI is InChI=1S/C31H34F4N2O6/c1-15-21(31(33,34)35)4-3-5-23(15)36-29(39)26-17-6-7-18(12-17)27(26)37-28(38)20-13-25(22(32)14-24(20)42-2)43-19-10-8-16(9-11-19)30(40)41/h3-5,13-14,16-19,26-27H,6-12H2,1-2H3,(H,36,39)(H,37,38)(H,40,41). The summed E-state index contributed by atoms with van der Waals surface area (Å²) in [5.41, 5.74) is -0.854. The fourth-order valence-corrected chi connectivity index (χ4v) is 6.98. The monoisotopic (exact) mass is 606 g/mol. The number of halogens is 4. The Labute approximate surface area is 246 Å². The van der Waals surface area contributed by atoms with E-state index in [1.165, 1.54) is 32.2 Å². The molecule has 3 aliphatic rings. The molecule has 3 fully saturated rings. The van der Waals surface area contributed by atoms with Crippen LogP contribution in [0.2, 0.25) is 0 Å². The first kappa shape index (κ1) is 30.6. The number of carbonyl (C=O) groups is 3. The van der Waals surface area contributed by atoms with Crippen molar-refractivity contribution in [3.63, 3.8) is 0 Å². The quantitative estimate of drug-likeness (QED) is 0.319. The minimum absolute atomic E-state index is 0.00103. The number of carboxylic acid groups (broad SMARTS) is 1. The lowest BCUT2D eigenvalue weighted by Gasteiger charge is -2.31. The number of methoxy groups -OCH3 is 1. The number of hydrogen-bond donors (Lipinski definition) is 3. The summed E-state index contributed by atoms with van der Waals surface area (Å²) in [5, 5.41) is 14.8. The number of ether oxygens (including phenoxy) is 2. The van der Waals surface area contributed by atoms with Crippen molar-refractivity contribution in [2.75, 3.05) is 12.4 Å². The largest absolute Gasteiger partial charge is 0.496 e. The molecule has 2 amide bonds. The van der Waals surface area contributed by atoms with Crippen molar-refractivity contribution in [1.29, 1.82) is 0 Å². The van der Waals surface area contributed by atoms with Crippen LogP contribution in [0.1, 0.15) is 66.4 Å². The first-order valence-corrected chi connectivity index (χ1v) is 14.4. The summed E-state index contributed by atoms with van der Waals surface area (Å²) in [4.78, 5) is 38.3. The van der Waals surface area contributed by atoms with Gasteiger partial charge in [-0.15, -0.1) is 0 Å². The molecule has 4 atom stereocenters. The molecular weight excluding hydrogens is 572 g/mol. The number of rotatable bonds is 8.